The van der Waals surface area contributed by atoms with Gasteiger partial charge in [0.15, 0.2) is 0 Å². The molecule has 7 heteroatoms. The topological polar surface area (TPSA) is 71.0 Å². The monoisotopic (exact) mass is 405 g/mol. The Kier molecular flexibility index (Phi) is 5.39. The van der Waals surface area contributed by atoms with Crippen LogP contribution in [-0.4, -0.2) is 31.2 Å². The van der Waals surface area contributed by atoms with Crippen LogP contribution in [0, 0.1) is 0 Å². The maximum absolute atomic E-state index is 13.0. The molecule has 0 bridgehead atoms. The second-order valence-corrected chi connectivity index (χ2v) is 7.41. The van der Waals surface area contributed by atoms with Crippen molar-refractivity contribution in [1.29, 1.82) is 0 Å². The minimum atomic E-state index is -0.280. The van der Waals surface area contributed by atoms with E-state index in [9.17, 15) is 9.59 Å². The van der Waals surface area contributed by atoms with Crippen LogP contribution in [0.25, 0.3) is 0 Å². The average molecular weight is 405 g/mol. The Balaban J connectivity index is 1.56. The highest BCUT2D eigenvalue weighted by molar-refractivity contribution is 7.12. The number of carbonyl (C=O) groups excluding carboxylic acids is 2. The number of nitrogens with zero attached hydrogens (tertiary/aromatic N) is 2. The number of para-hydroxylation sites is 2. The van der Waals surface area contributed by atoms with Gasteiger partial charge in [-0.05, 0) is 47.8 Å². The van der Waals surface area contributed by atoms with Crippen LogP contribution in [0.2, 0.25) is 0 Å². The van der Waals surface area contributed by atoms with Gasteiger partial charge in [-0.3, -0.25) is 9.59 Å². The molecule has 0 radical (unpaired) electrons. The van der Waals surface area contributed by atoms with E-state index in [0.29, 0.717) is 22.8 Å². The van der Waals surface area contributed by atoms with Gasteiger partial charge >= 0.3 is 0 Å². The molecule has 1 aromatic heterocycles. The molecule has 3 aromatic rings. The predicted molar refractivity (Wildman–Crippen MR) is 116 cm³/mol. The molecule has 0 saturated heterocycles. The first-order valence-corrected chi connectivity index (χ1v) is 9.97. The Hall–Kier alpha value is -3.45. The largest absolute Gasteiger partial charge is 0.497 e. The highest BCUT2D eigenvalue weighted by Gasteiger charge is 2.26. The number of fused-ring (bicyclic) bond motifs is 1. The summed E-state index contributed by atoms with van der Waals surface area (Å²) in [7, 11) is 1.59. The van der Waals surface area contributed by atoms with Gasteiger partial charge in [0.1, 0.15) is 12.3 Å². The van der Waals surface area contributed by atoms with E-state index in [0.717, 1.165) is 10.6 Å². The van der Waals surface area contributed by atoms with E-state index in [2.05, 4.69) is 5.32 Å². The predicted octanol–water partition coefficient (Wildman–Crippen LogP) is 4.25. The van der Waals surface area contributed by atoms with Gasteiger partial charge in [0, 0.05) is 10.6 Å². The zero-order chi connectivity index (χ0) is 20.2. The van der Waals surface area contributed by atoms with Crippen molar-refractivity contribution < 1.29 is 14.3 Å². The van der Waals surface area contributed by atoms with Gasteiger partial charge in [-0.1, -0.05) is 18.2 Å². The van der Waals surface area contributed by atoms with Gasteiger partial charge in [-0.2, -0.15) is 0 Å². The van der Waals surface area contributed by atoms with Crippen molar-refractivity contribution >= 4 is 45.9 Å². The molecule has 2 amide bonds. The summed E-state index contributed by atoms with van der Waals surface area (Å²) < 4.78 is 5.13. The van der Waals surface area contributed by atoms with Crippen molar-refractivity contribution in [3.63, 3.8) is 0 Å². The van der Waals surface area contributed by atoms with Gasteiger partial charge < -0.3 is 15.0 Å². The fourth-order valence-corrected chi connectivity index (χ4v) is 3.84. The van der Waals surface area contributed by atoms with E-state index in [1.54, 1.807) is 42.7 Å². The molecule has 1 aliphatic heterocycles. The SMILES string of the molecule is COc1ccc(NC(=O)CN2C(=O)CC(c3cccs3)=Nc3ccccc32)cc1. The molecule has 0 spiro atoms. The van der Waals surface area contributed by atoms with Crippen molar-refractivity contribution in [2.45, 2.75) is 6.42 Å². The van der Waals surface area contributed by atoms with Crippen molar-refractivity contribution in [2.75, 3.05) is 23.9 Å². The number of amides is 2. The van der Waals surface area contributed by atoms with Crippen molar-refractivity contribution in [2.24, 2.45) is 4.99 Å². The quantitative estimate of drug-likeness (QED) is 0.690. The van der Waals surface area contributed by atoms with Gasteiger partial charge in [-0.15, -0.1) is 11.3 Å². The molecule has 146 valence electrons. The van der Waals surface area contributed by atoms with Gasteiger partial charge in [0.2, 0.25) is 11.8 Å². The Morgan fingerprint density at radius 1 is 1.14 bits per heavy atom. The van der Waals surface area contributed by atoms with Crippen molar-refractivity contribution in [1.82, 2.24) is 0 Å². The highest BCUT2D eigenvalue weighted by Crippen LogP contribution is 2.33. The number of aliphatic imine (C=N–C) groups is 1. The third kappa shape index (κ3) is 4.20. The summed E-state index contributed by atoms with van der Waals surface area (Å²) in [5.41, 5.74) is 2.67. The Labute approximate surface area is 172 Å². The van der Waals surface area contributed by atoms with E-state index in [4.69, 9.17) is 9.73 Å². The minimum Gasteiger partial charge on any atom is -0.497 e. The van der Waals surface area contributed by atoms with E-state index in [1.807, 2.05) is 41.8 Å². The number of hydrogen-bond acceptors (Lipinski definition) is 5. The second kappa shape index (κ2) is 8.28. The normalized spacial score (nSPS) is 13.3. The van der Waals surface area contributed by atoms with E-state index < -0.39 is 0 Å². The van der Waals surface area contributed by atoms with E-state index >= 15 is 0 Å². The molecule has 0 unspecified atom stereocenters. The van der Waals surface area contributed by atoms with Crippen LogP contribution in [0.1, 0.15) is 11.3 Å². The highest BCUT2D eigenvalue weighted by atomic mass is 32.1. The number of hydrogen-bond donors (Lipinski definition) is 1. The molecule has 29 heavy (non-hydrogen) atoms. The minimum absolute atomic E-state index is 0.0882. The standard InChI is InChI=1S/C22H19N3O3S/c1-28-16-10-8-15(9-11-16)23-21(26)14-25-19-6-3-2-5-17(19)24-18(13-22(25)27)20-7-4-12-29-20/h2-12H,13-14H2,1H3,(H,23,26). The summed E-state index contributed by atoms with van der Waals surface area (Å²) in [6.45, 7) is -0.0882. The van der Waals surface area contributed by atoms with Crippen molar-refractivity contribution in [3.05, 3.63) is 70.9 Å². The lowest BCUT2D eigenvalue weighted by Crippen LogP contribution is -2.38. The number of methoxy groups -OCH3 is 1. The molecule has 0 atom stereocenters. The molecular weight excluding hydrogens is 386 g/mol. The Bertz CT molecular complexity index is 1060. The van der Waals surface area contributed by atoms with Crippen LogP contribution >= 0.6 is 11.3 Å². The molecule has 4 rings (SSSR count). The fraction of sp³-hybridized carbons (Fsp3) is 0.136. The molecule has 2 heterocycles. The number of rotatable bonds is 5. The maximum atomic E-state index is 13.0. The summed E-state index contributed by atoms with van der Waals surface area (Å²) in [6.07, 6.45) is 0.144. The number of nitrogens with one attached hydrogen (secondary N) is 1. The zero-order valence-corrected chi connectivity index (χ0v) is 16.6. The first-order valence-electron chi connectivity index (χ1n) is 9.09. The molecular formula is C22H19N3O3S. The number of carbonyl (C=O) groups is 2. The average Bonchev–Trinajstić information content (AvgIpc) is 3.23. The summed E-state index contributed by atoms with van der Waals surface area (Å²) in [5, 5.41) is 4.78. The van der Waals surface area contributed by atoms with Gasteiger partial charge in [-0.25, -0.2) is 4.99 Å². The van der Waals surface area contributed by atoms with E-state index in [-0.39, 0.29) is 24.8 Å². The fourth-order valence-electron chi connectivity index (χ4n) is 3.12. The number of anilines is 2. The zero-order valence-electron chi connectivity index (χ0n) is 15.8. The lowest BCUT2D eigenvalue weighted by molar-refractivity contribution is -0.120. The third-order valence-corrected chi connectivity index (χ3v) is 5.45. The van der Waals surface area contributed by atoms with Crippen LogP contribution in [0.4, 0.5) is 17.1 Å². The first kappa shape index (κ1) is 18.9. The van der Waals surface area contributed by atoms with Crippen LogP contribution in [0.3, 0.4) is 0 Å². The lowest BCUT2D eigenvalue weighted by Gasteiger charge is -2.21. The molecule has 6 nitrogen and oxygen atoms in total. The Morgan fingerprint density at radius 2 is 1.93 bits per heavy atom. The van der Waals surface area contributed by atoms with Crippen LogP contribution in [0.5, 0.6) is 5.75 Å². The molecule has 2 aromatic carbocycles. The van der Waals surface area contributed by atoms with E-state index in [1.165, 1.54) is 4.90 Å². The molecule has 0 aliphatic carbocycles. The van der Waals surface area contributed by atoms with Crippen LogP contribution < -0.4 is 15.0 Å². The van der Waals surface area contributed by atoms with Gasteiger partial charge in [0.05, 0.1) is 30.6 Å². The van der Waals surface area contributed by atoms with Crippen LogP contribution in [0.15, 0.2) is 71.0 Å². The molecule has 1 aliphatic rings. The van der Waals surface area contributed by atoms with Crippen molar-refractivity contribution in [3.8, 4) is 5.75 Å². The smallest absolute Gasteiger partial charge is 0.244 e. The summed E-state index contributed by atoms with van der Waals surface area (Å²) in [5.74, 6) is 0.266. The number of benzene rings is 2. The number of thiophene rings is 1. The second-order valence-electron chi connectivity index (χ2n) is 6.46. The lowest BCUT2D eigenvalue weighted by atomic mass is 10.2. The summed E-state index contributed by atoms with van der Waals surface area (Å²) >= 11 is 1.54. The van der Waals surface area contributed by atoms with Crippen LogP contribution in [-0.2, 0) is 9.59 Å². The summed E-state index contributed by atoms with van der Waals surface area (Å²) in [6, 6.07) is 18.3. The summed E-state index contributed by atoms with van der Waals surface area (Å²) in [4.78, 5) is 32.8. The molecule has 1 N–H and O–H groups in total. The maximum Gasteiger partial charge on any atom is 0.244 e. The Morgan fingerprint density at radius 3 is 2.66 bits per heavy atom. The molecule has 0 fully saturated rings. The molecule has 0 saturated carbocycles. The van der Waals surface area contributed by atoms with Gasteiger partial charge in [0.25, 0.3) is 0 Å². The first-order chi connectivity index (χ1) is 14.1. The number of ether oxygens (including phenoxy) is 1. The third-order valence-electron chi connectivity index (χ3n) is 4.53.